The summed E-state index contributed by atoms with van der Waals surface area (Å²) in [6.45, 7) is 4.71. The van der Waals surface area contributed by atoms with Gasteiger partial charge in [-0.25, -0.2) is 4.79 Å². The molecule has 9 nitrogen and oxygen atoms in total. The van der Waals surface area contributed by atoms with Crippen molar-refractivity contribution in [3.8, 4) is 0 Å². The van der Waals surface area contributed by atoms with E-state index < -0.39 is 24.3 Å². The van der Waals surface area contributed by atoms with E-state index in [2.05, 4.69) is 50.3 Å². The summed E-state index contributed by atoms with van der Waals surface area (Å²) >= 11 is 0. The van der Waals surface area contributed by atoms with Crippen molar-refractivity contribution < 1.29 is 42.9 Å². The zero-order valence-electron chi connectivity index (χ0n) is 34.0. The second-order valence-electron chi connectivity index (χ2n) is 14.9. The number of esters is 2. The predicted octanol–water partition coefficient (Wildman–Crippen LogP) is 10.3. The van der Waals surface area contributed by atoms with Crippen LogP contribution in [0, 0.1) is 0 Å². The smallest absolute Gasteiger partial charge is 0.361 e. The highest BCUT2D eigenvalue weighted by molar-refractivity contribution is 5.71. The standard InChI is InChI=1S/C43H77NO8/c1-6-8-10-12-14-16-18-20-22-23-25-27-29-31-33-40(45)50-37-39(38-51-43(42(47)48)49-36-35-44(3,4)5)52-41(46)34-32-30-28-26-24-21-19-17-15-13-11-9-7-2/h9,11,15,17,21,24,39,43H,6-8,10,12-14,16,18-20,22-23,25-38H2,1-5H3/p+1/b11-9-,17-15-,24-21-. The molecule has 2 atom stereocenters. The average Bonchev–Trinajstić information content (AvgIpc) is 3.09. The lowest BCUT2D eigenvalue weighted by atomic mass is 10.0. The summed E-state index contributed by atoms with van der Waals surface area (Å²) in [4.78, 5) is 37.0. The van der Waals surface area contributed by atoms with E-state index in [0.29, 0.717) is 23.9 Å². The van der Waals surface area contributed by atoms with Crippen LogP contribution in [-0.4, -0.2) is 87.4 Å². The first-order valence-electron chi connectivity index (χ1n) is 20.7. The molecule has 0 radical (unpaired) electrons. The lowest BCUT2D eigenvalue weighted by molar-refractivity contribution is -0.870. The van der Waals surface area contributed by atoms with Gasteiger partial charge in [-0.15, -0.1) is 0 Å². The van der Waals surface area contributed by atoms with Gasteiger partial charge in [-0.3, -0.25) is 9.59 Å². The zero-order valence-corrected chi connectivity index (χ0v) is 34.0. The minimum atomic E-state index is -1.51. The first-order chi connectivity index (χ1) is 25.1. The van der Waals surface area contributed by atoms with Crippen molar-refractivity contribution in [3.63, 3.8) is 0 Å². The molecule has 0 fully saturated rings. The van der Waals surface area contributed by atoms with E-state index in [1.54, 1.807) is 0 Å². The van der Waals surface area contributed by atoms with Gasteiger partial charge in [-0.2, -0.15) is 0 Å². The van der Waals surface area contributed by atoms with E-state index in [1.165, 1.54) is 70.6 Å². The number of hydrogen-bond acceptors (Lipinski definition) is 7. The third-order valence-corrected chi connectivity index (χ3v) is 8.66. The minimum Gasteiger partial charge on any atom is -0.477 e. The fourth-order valence-corrected chi connectivity index (χ4v) is 5.44. The third-order valence-electron chi connectivity index (χ3n) is 8.66. The van der Waals surface area contributed by atoms with E-state index >= 15 is 0 Å². The van der Waals surface area contributed by atoms with Gasteiger partial charge in [-0.05, 0) is 44.9 Å². The second-order valence-corrected chi connectivity index (χ2v) is 14.9. The molecule has 0 aliphatic rings. The average molecular weight is 737 g/mol. The number of carboxylic acid groups (broad SMARTS) is 1. The zero-order chi connectivity index (χ0) is 38.5. The van der Waals surface area contributed by atoms with Gasteiger partial charge in [0, 0.05) is 12.8 Å². The van der Waals surface area contributed by atoms with Crippen LogP contribution in [0.15, 0.2) is 36.5 Å². The van der Waals surface area contributed by atoms with E-state index in [0.717, 1.165) is 57.8 Å². The molecule has 302 valence electrons. The quantitative estimate of drug-likeness (QED) is 0.0221. The van der Waals surface area contributed by atoms with Crippen LogP contribution < -0.4 is 0 Å². The van der Waals surface area contributed by atoms with Crippen molar-refractivity contribution in [1.82, 2.24) is 0 Å². The lowest BCUT2D eigenvalue weighted by Gasteiger charge is -2.25. The monoisotopic (exact) mass is 737 g/mol. The number of nitrogens with zero attached hydrogens (tertiary/aromatic N) is 1. The van der Waals surface area contributed by atoms with Gasteiger partial charge in [0.25, 0.3) is 6.29 Å². The number of hydrogen-bond donors (Lipinski definition) is 1. The Labute approximate surface area is 318 Å². The van der Waals surface area contributed by atoms with Gasteiger partial charge in [0.2, 0.25) is 0 Å². The molecule has 2 unspecified atom stereocenters. The topological polar surface area (TPSA) is 108 Å². The van der Waals surface area contributed by atoms with Crippen molar-refractivity contribution in [3.05, 3.63) is 36.5 Å². The Morgan fingerprint density at radius 1 is 0.596 bits per heavy atom. The van der Waals surface area contributed by atoms with E-state index in [9.17, 15) is 19.5 Å². The van der Waals surface area contributed by atoms with Crippen LogP contribution in [0.4, 0.5) is 0 Å². The summed E-state index contributed by atoms with van der Waals surface area (Å²) < 4.78 is 22.6. The fourth-order valence-electron chi connectivity index (χ4n) is 5.44. The molecular weight excluding hydrogens is 658 g/mol. The summed E-state index contributed by atoms with van der Waals surface area (Å²) in [6, 6.07) is 0. The van der Waals surface area contributed by atoms with Gasteiger partial charge in [0.1, 0.15) is 13.2 Å². The maximum atomic E-state index is 12.7. The molecule has 0 aromatic carbocycles. The number of likely N-dealkylation sites (N-methyl/N-ethyl adjacent to an activating group) is 1. The molecule has 0 saturated heterocycles. The number of ether oxygens (including phenoxy) is 4. The fraction of sp³-hybridized carbons (Fsp3) is 0.791. The molecule has 0 spiro atoms. The number of carboxylic acids is 1. The molecular formula is C43H78NO8+. The number of unbranched alkanes of at least 4 members (excludes halogenated alkanes) is 16. The molecule has 0 rings (SSSR count). The summed E-state index contributed by atoms with van der Waals surface area (Å²) in [5.74, 6) is -2.05. The lowest BCUT2D eigenvalue weighted by Crippen LogP contribution is -2.40. The van der Waals surface area contributed by atoms with Gasteiger partial charge in [0.15, 0.2) is 6.10 Å². The Kier molecular flexibility index (Phi) is 33.8. The van der Waals surface area contributed by atoms with Crippen molar-refractivity contribution in [2.24, 2.45) is 0 Å². The molecule has 52 heavy (non-hydrogen) atoms. The third kappa shape index (κ3) is 35.9. The summed E-state index contributed by atoms with van der Waals surface area (Å²) in [6.07, 6.45) is 34.9. The molecule has 0 bridgehead atoms. The molecule has 9 heteroatoms. The van der Waals surface area contributed by atoms with Gasteiger partial charge in [-0.1, -0.05) is 140 Å². The number of allylic oxidation sites excluding steroid dienone is 6. The molecule has 0 amide bonds. The second kappa shape index (κ2) is 35.5. The van der Waals surface area contributed by atoms with Gasteiger partial charge in [0.05, 0.1) is 34.4 Å². The van der Waals surface area contributed by atoms with Crippen LogP contribution in [0.25, 0.3) is 0 Å². The summed E-state index contributed by atoms with van der Waals surface area (Å²) in [7, 11) is 5.94. The Morgan fingerprint density at radius 2 is 1.10 bits per heavy atom. The van der Waals surface area contributed by atoms with Crippen LogP contribution in [0.3, 0.4) is 0 Å². The predicted molar refractivity (Wildman–Crippen MR) is 212 cm³/mol. The maximum Gasteiger partial charge on any atom is 0.361 e. The SMILES string of the molecule is CC/C=C\C/C=C\C/C=C\CCCCCC(=O)OC(COC(=O)CCCCCCCCCCCCCCCC)COC(OCC[N+](C)(C)C)C(=O)O. The Balaban J connectivity index is 4.53. The number of carbonyl (C=O) groups excluding carboxylic acids is 2. The highest BCUT2D eigenvalue weighted by Crippen LogP contribution is 2.14. The van der Waals surface area contributed by atoms with E-state index in [1.807, 2.05) is 21.1 Å². The number of aliphatic carboxylic acids is 1. The molecule has 0 heterocycles. The van der Waals surface area contributed by atoms with E-state index in [4.69, 9.17) is 18.9 Å². The minimum absolute atomic E-state index is 0.182. The normalized spacial score (nSPS) is 13.3. The number of quaternary nitrogens is 1. The molecule has 0 aliphatic heterocycles. The van der Waals surface area contributed by atoms with Crippen LogP contribution in [0.5, 0.6) is 0 Å². The molecule has 0 saturated carbocycles. The molecule has 0 aliphatic carbocycles. The molecule has 0 aromatic rings. The highest BCUT2D eigenvalue weighted by Gasteiger charge is 2.25. The van der Waals surface area contributed by atoms with Crippen LogP contribution in [0.2, 0.25) is 0 Å². The van der Waals surface area contributed by atoms with Crippen LogP contribution in [0.1, 0.15) is 162 Å². The number of carbonyl (C=O) groups is 3. The maximum absolute atomic E-state index is 12.7. The molecule has 0 aromatic heterocycles. The van der Waals surface area contributed by atoms with Gasteiger partial charge < -0.3 is 28.5 Å². The van der Waals surface area contributed by atoms with Crippen LogP contribution in [-0.2, 0) is 33.3 Å². The van der Waals surface area contributed by atoms with Crippen molar-refractivity contribution in [2.75, 3.05) is 47.5 Å². The van der Waals surface area contributed by atoms with Crippen LogP contribution >= 0.6 is 0 Å². The first-order valence-corrected chi connectivity index (χ1v) is 20.7. The summed E-state index contributed by atoms with van der Waals surface area (Å²) in [5.41, 5.74) is 0. The first kappa shape index (κ1) is 49.5. The Bertz CT molecular complexity index is 955. The largest absolute Gasteiger partial charge is 0.477 e. The highest BCUT2D eigenvalue weighted by atomic mass is 16.7. The van der Waals surface area contributed by atoms with Crippen molar-refractivity contribution >= 4 is 17.9 Å². The molecule has 1 N–H and O–H groups in total. The number of rotatable bonds is 37. The van der Waals surface area contributed by atoms with Crippen molar-refractivity contribution in [1.29, 1.82) is 0 Å². The Morgan fingerprint density at radius 3 is 1.63 bits per heavy atom. The van der Waals surface area contributed by atoms with Crippen molar-refractivity contribution in [2.45, 2.75) is 174 Å². The Hall–Kier alpha value is -2.49. The van der Waals surface area contributed by atoms with E-state index in [-0.39, 0.29) is 32.2 Å². The summed E-state index contributed by atoms with van der Waals surface area (Å²) in [5, 5.41) is 9.60. The van der Waals surface area contributed by atoms with Gasteiger partial charge >= 0.3 is 17.9 Å².